The van der Waals surface area contributed by atoms with Gasteiger partial charge in [0.25, 0.3) is 0 Å². The molecule has 0 radical (unpaired) electrons. The van der Waals surface area contributed by atoms with Gasteiger partial charge in [-0.05, 0) is 57.5 Å². The summed E-state index contributed by atoms with van der Waals surface area (Å²) in [5, 5.41) is 6.75. The van der Waals surface area contributed by atoms with E-state index in [0.29, 0.717) is 12.6 Å². The summed E-state index contributed by atoms with van der Waals surface area (Å²) < 4.78 is 0. The van der Waals surface area contributed by atoms with Gasteiger partial charge in [0, 0.05) is 44.3 Å². The third kappa shape index (κ3) is 4.08. The van der Waals surface area contributed by atoms with E-state index < -0.39 is 5.41 Å². The minimum Gasteiger partial charge on any atom is -0.362 e. The minimum atomic E-state index is -0.470. The van der Waals surface area contributed by atoms with Crippen LogP contribution in [0.2, 0.25) is 0 Å². The maximum atomic E-state index is 13.2. The molecule has 1 aliphatic carbocycles. The summed E-state index contributed by atoms with van der Waals surface area (Å²) in [6.07, 6.45) is 8.27. The fourth-order valence-corrected chi connectivity index (χ4v) is 4.96. The molecule has 1 amide bonds. The molecule has 2 aliphatic heterocycles. The number of amides is 1. The van der Waals surface area contributed by atoms with Crippen molar-refractivity contribution in [1.82, 2.24) is 14.7 Å². The molecule has 7 heteroatoms. The van der Waals surface area contributed by atoms with Crippen LogP contribution in [0.3, 0.4) is 0 Å². The fourth-order valence-electron chi connectivity index (χ4n) is 4.96. The van der Waals surface area contributed by atoms with Crippen molar-refractivity contribution in [3.63, 3.8) is 0 Å². The van der Waals surface area contributed by atoms with Crippen LogP contribution in [0.5, 0.6) is 0 Å². The Morgan fingerprint density at radius 3 is 2.62 bits per heavy atom. The highest BCUT2D eigenvalue weighted by atomic mass is 16.2. The predicted molar refractivity (Wildman–Crippen MR) is 131 cm³/mol. The summed E-state index contributed by atoms with van der Waals surface area (Å²) >= 11 is 0. The first kappa shape index (κ1) is 22.2. The molecule has 172 valence electrons. The Hall–Kier alpha value is -2.96. The van der Waals surface area contributed by atoms with Crippen molar-refractivity contribution < 1.29 is 4.79 Å². The molecule has 2 N–H and O–H groups in total. The number of aryl methyl sites for hydroxylation is 1. The Morgan fingerprint density at radius 2 is 1.94 bits per heavy atom. The van der Waals surface area contributed by atoms with Gasteiger partial charge in [-0.1, -0.05) is 25.5 Å². The average Bonchev–Trinajstić information content (AvgIpc) is 3.27. The molecule has 1 saturated carbocycles. The molecular weight excluding hydrogens is 400 g/mol. The monoisotopic (exact) mass is 436 g/mol. The topological polar surface area (TPSA) is 63.2 Å². The molecular formula is C25H36N6O. The maximum Gasteiger partial charge on any atom is 0.234 e. The number of carbonyl (C=O) groups excluding carboxylic acids is 1. The van der Waals surface area contributed by atoms with E-state index in [1.54, 1.807) is 11.1 Å². The van der Waals surface area contributed by atoms with E-state index in [-0.39, 0.29) is 12.2 Å². The highest BCUT2D eigenvalue weighted by molar-refractivity contribution is 6.04. The van der Waals surface area contributed by atoms with Gasteiger partial charge in [0.2, 0.25) is 5.91 Å². The molecule has 0 spiro atoms. The van der Waals surface area contributed by atoms with Crippen LogP contribution in [0.15, 0.2) is 47.9 Å². The first-order chi connectivity index (χ1) is 15.2. The van der Waals surface area contributed by atoms with E-state index in [4.69, 9.17) is 4.99 Å². The Morgan fingerprint density at radius 1 is 1.22 bits per heavy atom. The Balaban J connectivity index is 1.70. The second kappa shape index (κ2) is 8.52. The minimum absolute atomic E-state index is 0.135. The van der Waals surface area contributed by atoms with Gasteiger partial charge in [-0.3, -0.25) is 4.79 Å². The lowest BCUT2D eigenvalue weighted by atomic mass is 9.91. The van der Waals surface area contributed by atoms with Crippen LogP contribution < -0.4 is 10.6 Å². The van der Waals surface area contributed by atoms with Crippen LogP contribution >= 0.6 is 0 Å². The van der Waals surface area contributed by atoms with Gasteiger partial charge >= 0.3 is 0 Å². The van der Waals surface area contributed by atoms with E-state index >= 15 is 0 Å². The number of likely N-dealkylation sites (N-methyl/N-ethyl adjacent to an activating group) is 1. The van der Waals surface area contributed by atoms with Crippen molar-refractivity contribution in [2.45, 2.75) is 58.8 Å². The lowest BCUT2D eigenvalue weighted by molar-refractivity contribution is -0.136. The number of nitrogens with one attached hydrogen (secondary N) is 2. The molecule has 1 atom stereocenters. The van der Waals surface area contributed by atoms with Crippen LogP contribution in [0, 0.1) is 12.3 Å². The second-order valence-corrected chi connectivity index (χ2v) is 9.84. The number of amidine groups is 1. The van der Waals surface area contributed by atoms with E-state index in [9.17, 15) is 4.79 Å². The van der Waals surface area contributed by atoms with Gasteiger partial charge < -0.3 is 25.3 Å². The molecule has 1 aromatic carbocycles. The molecule has 2 fully saturated rings. The molecule has 4 rings (SSSR count). The van der Waals surface area contributed by atoms with Crippen LogP contribution in [-0.4, -0.2) is 59.4 Å². The highest BCUT2D eigenvalue weighted by Crippen LogP contribution is 2.35. The molecule has 32 heavy (non-hydrogen) atoms. The normalized spacial score (nSPS) is 23.3. The van der Waals surface area contributed by atoms with Crippen LogP contribution in [0.1, 0.15) is 45.1 Å². The third-order valence-corrected chi connectivity index (χ3v) is 6.82. The average molecular weight is 437 g/mol. The molecule has 1 aromatic rings. The van der Waals surface area contributed by atoms with Gasteiger partial charge in [0.15, 0.2) is 12.1 Å². The molecule has 1 saturated heterocycles. The van der Waals surface area contributed by atoms with Gasteiger partial charge in [-0.2, -0.15) is 0 Å². The van der Waals surface area contributed by atoms with E-state index in [1.807, 2.05) is 32.8 Å². The Labute approximate surface area is 191 Å². The van der Waals surface area contributed by atoms with E-state index in [2.05, 4.69) is 53.4 Å². The summed E-state index contributed by atoms with van der Waals surface area (Å²) in [5.74, 6) is 1.06. The summed E-state index contributed by atoms with van der Waals surface area (Å²) in [5.41, 5.74) is 3.55. The SMILES string of the molecule is C=CNc1cc(NC2N=C3C(=CN2C)N(C)C(=O)C(C)(C)CN3C2CCCC2)ccc1C. The van der Waals surface area contributed by atoms with Gasteiger partial charge in [0.05, 0.1) is 5.41 Å². The zero-order chi connectivity index (χ0) is 23.0. The largest absolute Gasteiger partial charge is 0.362 e. The number of hydrogen-bond acceptors (Lipinski definition) is 6. The number of rotatable bonds is 5. The quantitative estimate of drug-likeness (QED) is 0.725. The van der Waals surface area contributed by atoms with Gasteiger partial charge in [-0.15, -0.1) is 0 Å². The maximum absolute atomic E-state index is 13.2. The molecule has 7 nitrogen and oxygen atoms in total. The summed E-state index contributed by atoms with van der Waals surface area (Å²) in [6, 6.07) is 6.65. The molecule has 0 aromatic heterocycles. The van der Waals surface area contributed by atoms with Crippen molar-refractivity contribution in [2.24, 2.45) is 10.4 Å². The standard InChI is InChI=1S/C25H36N6O/c1-7-26-20-14-18(13-12-17(20)2)27-24-28-22-21(15-29(24)5)30(6)23(32)25(3,4)16-31(22)19-10-8-9-11-19/h7,12-15,19,24,26-27H,1,8-11,16H2,2-6H3. The smallest absolute Gasteiger partial charge is 0.234 e. The highest BCUT2D eigenvalue weighted by Gasteiger charge is 2.44. The number of carbonyl (C=O) groups is 1. The van der Waals surface area contributed by atoms with Gasteiger partial charge in [0.1, 0.15) is 5.70 Å². The first-order valence-corrected chi connectivity index (χ1v) is 11.5. The zero-order valence-corrected chi connectivity index (χ0v) is 20.0. The lowest BCUT2D eigenvalue weighted by Gasteiger charge is -2.38. The second-order valence-electron chi connectivity index (χ2n) is 9.84. The molecule has 3 aliphatic rings. The zero-order valence-electron chi connectivity index (χ0n) is 20.0. The number of nitrogens with zero attached hydrogens (tertiary/aromatic N) is 4. The van der Waals surface area contributed by atoms with Crippen molar-refractivity contribution in [1.29, 1.82) is 0 Å². The van der Waals surface area contributed by atoms with E-state index in [0.717, 1.165) is 41.3 Å². The number of hydrogen-bond donors (Lipinski definition) is 2. The Kier molecular flexibility index (Phi) is 5.93. The van der Waals surface area contributed by atoms with Crippen LogP contribution in [0.25, 0.3) is 0 Å². The van der Waals surface area contributed by atoms with Crippen molar-refractivity contribution >= 4 is 23.1 Å². The third-order valence-electron chi connectivity index (χ3n) is 6.82. The lowest BCUT2D eigenvalue weighted by Crippen LogP contribution is -2.48. The molecule has 1 unspecified atom stereocenters. The summed E-state index contributed by atoms with van der Waals surface area (Å²) in [4.78, 5) is 24.6. The van der Waals surface area contributed by atoms with Crippen molar-refractivity contribution in [3.8, 4) is 0 Å². The summed E-state index contributed by atoms with van der Waals surface area (Å²) in [6.45, 7) is 10.6. The number of fused-ring (bicyclic) bond motifs is 1. The van der Waals surface area contributed by atoms with Crippen LogP contribution in [-0.2, 0) is 4.79 Å². The first-order valence-electron chi connectivity index (χ1n) is 11.5. The number of anilines is 2. The van der Waals surface area contributed by atoms with Crippen LogP contribution in [0.4, 0.5) is 11.4 Å². The molecule has 0 bridgehead atoms. The number of aliphatic imine (C=N–C) groups is 1. The predicted octanol–water partition coefficient (Wildman–Crippen LogP) is 4.17. The summed E-state index contributed by atoms with van der Waals surface area (Å²) in [7, 11) is 3.87. The van der Waals surface area contributed by atoms with Crippen molar-refractivity contribution in [2.75, 3.05) is 31.3 Å². The van der Waals surface area contributed by atoms with Crippen molar-refractivity contribution in [3.05, 3.63) is 48.4 Å². The Bertz CT molecular complexity index is 959. The molecule has 2 heterocycles. The van der Waals surface area contributed by atoms with E-state index in [1.165, 1.54) is 12.8 Å². The van der Waals surface area contributed by atoms with Gasteiger partial charge in [-0.25, -0.2) is 4.99 Å². The number of benzene rings is 1. The fraction of sp³-hybridized carbons (Fsp3) is 0.520.